The summed E-state index contributed by atoms with van der Waals surface area (Å²) in [4.78, 5) is 5.16. The summed E-state index contributed by atoms with van der Waals surface area (Å²) in [7, 11) is 1.72. The Kier molecular flexibility index (Phi) is 7.53. The summed E-state index contributed by atoms with van der Waals surface area (Å²) >= 11 is 0. The molecule has 136 valence electrons. The van der Waals surface area contributed by atoms with Gasteiger partial charge in [0.2, 0.25) is 0 Å². The maximum absolute atomic E-state index is 9.49. The summed E-state index contributed by atoms with van der Waals surface area (Å²) in [6.07, 6.45) is 3.27. The van der Waals surface area contributed by atoms with Crippen molar-refractivity contribution in [2.24, 2.45) is 0 Å². The van der Waals surface area contributed by atoms with Gasteiger partial charge in [0.25, 0.3) is 0 Å². The van der Waals surface area contributed by atoms with E-state index in [9.17, 15) is 5.11 Å². The van der Waals surface area contributed by atoms with Crippen LogP contribution in [0.2, 0.25) is 0 Å². The second kappa shape index (κ2) is 9.40. The molecule has 1 aromatic rings. The van der Waals surface area contributed by atoms with Gasteiger partial charge >= 0.3 is 0 Å². The lowest BCUT2D eigenvalue weighted by Crippen LogP contribution is -2.55. The summed E-state index contributed by atoms with van der Waals surface area (Å²) < 4.78 is 5.36. The predicted octanol–water partition coefficient (Wildman–Crippen LogP) is 3.06. The molecule has 1 atom stereocenters. The van der Waals surface area contributed by atoms with E-state index in [-0.39, 0.29) is 6.61 Å². The fourth-order valence-electron chi connectivity index (χ4n) is 3.96. The SMILES string of the molecule is CCC(CC)N1CCN(Cc2ccc(OC)c(C)c2)[C@H](CCO)C1. The number of aryl methyl sites for hydroxylation is 1. The van der Waals surface area contributed by atoms with Gasteiger partial charge in [0.05, 0.1) is 7.11 Å². The molecule has 4 heteroatoms. The minimum Gasteiger partial charge on any atom is -0.496 e. The molecule has 2 rings (SSSR count). The zero-order chi connectivity index (χ0) is 17.5. The van der Waals surface area contributed by atoms with Gasteiger partial charge in [-0.15, -0.1) is 0 Å². The van der Waals surface area contributed by atoms with Crippen molar-refractivity contribution in [3.63, 3.8) is 0 Å². The van der Waals surface area contributed by atoms with Crippen LogP contribution in [0.1, 0.15) is 44.2 Å². The molecule has 0 radical (unpaired) electrons. The Morgan fingerprint density at radius 3 is 2.58 bits per heavy atom. The van der Waals surface area contributed by atoms with Crippen LogP contribution in [-0.4, -0.2) is 60.3 Å². The molecule has 0 aromatic heterocycles. The summed E-state index contributed by atoms with van der Waals surface area (Å²) in [5, 5.41) is 9.49. The zero-order valence-electron chi connectivity index (χ0n) is 15.8. The third kappa shape index (κ3) is 4.71. The summed E-state index contributed by atoms with van der Waals surface area (Å²) in [5.74, 6) is 0.948. The van der Waals surface area contributed by atoms with Gasteiger partial charge in [0.15, 0.2) is 0 Å². The van der Waals surface area contributed by atoms with E-state index in [2.05, 4.69) is 48.8 Å². The smallest absolute Gasteiger partial charge is 0.121 e. The number of ether oxygens (including phenoxy) is 1. The Morgan fingerprint density at radius 1 is 1.25 bits per heavy atom. The molecule has 0 amide bonds. The number of nitrogens with zero attached hydrogens (tertiary/aromatic N) is 2. The van der Waals surface area contributed by atoms with Crippen molar-refractivity contribution in [1.82, 2.24) is 9.80 Å². The maximum Gasteiger partial charge on any atom is 0.121 e. The van der Waals surface area contributed by atoms with E-state index in [1.165, 1.54) is 24.0 Å². The largest absolute Gasteiger partial charge is 0.496 e. The second-order valence-corrected chi connectivity index (χ2v) is 6.91. The molecule has 0 saturated carbocycles. The fraction of sp³-hybridized carbons (Fsp3) is 0.700. The summed E-state index contributed by atoms with van der Waals surface area (Å²) in [5.41, 5.74) is 2.51. The average Bonchev–Trinajstić information content (AvgIpc) is 2.58. The molecule has 0 bridgehead atoms. The van der Waals surface area contributed by atoms with Gasteiger partial charge in [-0.25, -0.2) is 0 Å². The number of hydrogen-bond donors (Lipinski definition) is 1. The Balaban J connectivity index is 2.05. The van der Waals surface area contributed by atoms with Crippen molar-refractivity contribution in [2.45, 2.75) is 58.7 Å². The number of aliphatic hydroxyl groups excluding tert-OH is 1. The molecule has 1 N–H and O–H groups in total. The van der Waals surface area contributed by atoms with E-state index in [0.29, 0.717) is 12.1 Å². The molecule has 1 aliphatic rings. The van der Waals surface area contributed by atoms with Crippen molar-refractivity contribution in [1.29, 1.82) is 0 Å². The molecule has 0 unspecified atom stereocenters. The lowest BCUT2D eigenvalue weighted by atomic mass is 10.0. The highest BCUT2D eigenvalue weighted by Crippen LogP contribution is 2.23. The first kappa shape index (κ1) is 19.2. The van der Waals surface area contributed by atoms with Crippen LogP contribution < -0.4 is 4.74 Å². The Hall–Kier alpha value is -1.10. The summed E-state index contributed by atoms with van der Waals surface area (Å²) in [6.45, 7) is 11.1. The number of benzene rings is 1. The highest BCUT2D eigenvalue weighted by Gasteiger charge is 2.29. The zero-order valence-corrected chi connectivity index (χ0v) is 15.8. The number of piperazine rings is 1. The van der Waals surface area contributed by atoms with Gasteiger partial charge in [-0.3, -0.25) is 9.80 Å². The molecular weight excluding hydrogens is 300 g/mol. The van der Waals surface area contributed by atoms with Gasteiger partial charge in [-0.2, -0.15) is 0 Å². The first-order chi connectivity index (χ1) is 11.6. The van der Waals surface area contributed by atoms with Crippen LogP contribution in [-0.2, 0) is 6.54 Å². The molecule has 1 aromatic carbocycles. The number of aliphatic hydroxyl groups is 1. The van der Waals surface area contributed by atoms with Crippen LogP contribution in [0, 0.1) is 6.92 Å². The van der Waals surface area contributed by atoms with E-state index < -0.39 is 0 Å². The minimum absolute atomic E-state index is 0.263. The standard InChI is InChI=1S/C20H34N2O2/c1-5-18(6-2)22-11-10-21(19(15-22)9-12-23)14-17-7-8-20(24-4)16(3)13-17/h7-8,13,18-19,23H,5-6,9-12,14-15H2,1-4H3/t19-/m1/s1. The van der Waals surface area contributed by atoms with Crippen LogP contribution in [0.15, 0.2) is 18.2 Å². The van der Waals surface area contributed by atoms with E-state index >= 15 is 0 Å². The van der Waals surface area contributed by atoms with Gasteiger partial charge < -0.3 is 9.84 Å². The molecule has 1 aliphatic heterocycles. The first-order valence-corrected chi connectivity index (χ1v) is 9.35. The predicted molar refractivity (Wildman–Crippen MR) is 99.6 cm³/mol. The molecule has 1 saturated heterocycles. The molecule has 1 fully saturated rings. The van der Waals surface area contributed by atoms with Crippen LogP contribution in [0.25, 0.3) is 0 Å². The highest BCUT2D eigenvalue weighted by atomic mass is 16.5. The topological polar surface area (TPSA) is 35.9 Å². The van der Waals surface area contributed by atoms with Crippen LogP contribution in [0.3, 0.4) is 0 Å². The lowest BCUT2D eigenvalue weighted by molar-refractivity contribution is 0.0293. The number of hydrogen-bond acceptors (Lipinski definition) is 4. The van der Waals surface area contributed by atoms with E-state index in [1.54, 1.807) is 7.11 Å². The van der Waals surface area contributed by atoms with Gasteiger partial charge in [-0.05, 0) is 43.4 Å². The van der Waals surface area contributed by atoms with Crippen LogP contribution in [0.5, 0.6) is 5.75 Å². The Morgan fingerprint density at radius 2 is 2.00 bits per heavy atom. The molecule has 1 heterocycles. The lowest BCUT2D eigenvalue weighted by Gasteiger charge is -2.44. The van der Waals surface area contributed by atoms with Crippen molar-refractivity contribution in [2.75, 3.05) is 33.4 Å². The number of methoxy groups -OCH3 is 1. The van der Waals surface area contributed by atoms with E-state index in [0.717, 1.165) is 38.3 Å². The first-order valence-electron chi connectivity index (χ1n) is 9.35. The summed E-state index contributed by atoms with van der Waals surface area (Å²) in [6, 6.07) is 7.56. The second-order valence-electron chi connectivity index (χ2n) is 6.91. The number of rotatable bonds is 8. The fourth-order valence-corrected chi connectivity index (χ4v) is 3.96. The van der Waals surface area contributed by atoms with Crippen molar-refractivity contribution in [3.05, 3.63) is 29.3 Å². The third-order valence-corrected chi connectivity index (χ3v) is 5.40. The van der Waals surface area contributed by atoms with E-state index in [4.69, 9.17) is 4.74 Å². The molecular formula is C20H34N2O2. The quantitative estimate of drug-likeness (QED) is 0.793. The third-order valence-electron chi connectivity index (χ3n) is 5.40. The minimum atomic E-state index is 0.263. The molecule has 0 spiro atoms. The molecule has 4 nitrogen and oxygen atoms in total. The molecule has 24 heavy (non-hydrogen) atoms. The van der Waals surface area contributed by atoms with Crippen molar-refractivity contribution >= 4 is 0 Å². The average molecular weight is 335 g/mol. The van der Waals surface area contributed by atoms with Crippen LogP contribution in [0.4, 0.5) is 0 Å². The van der Waals surface area contributed by atoms with Crippen LogP contribution >= 0.6 is 0 Å². The maximum atomic E-state index is 9.49. The Bertz CT molecular complexity index is 502. The van der Waals surface area contributed by atoms with Gasteiger partial charge in [0.1, 0.15) is 5.75 Å². The Labute approximate surface area is 147 Å². The highest BCUT2D eigenvalue weighted by molar-refractivity contribution is 5.36. The van der Waals surface area contributed by atoms with Crippen molar-refractivity contribution < 1.29 is 9.84 Å². The van der Waals surface area contributed by atoms with E-state index in [1.807, 2.05) is 0 Å². The van der Waals surface area contributed by atoms with Gasteiger partial charge in [0, 0.05) is 44.9 Å². The van der Waals surface area contributed by atoms with Gasteiger partial charge in [-0.1, -0.05) is 26.0 Å². The normalized spacial score (nSPS) is 19.8. The monoisotopic (exact) mass is 334 g/mol. The van der Waals surface area contributed by atoms with Crippen molar-refractivity contribution in [3.8, 4) is 5.75 Å². The molecule has 0 aliphatic carbocycles.